The van der Waals surface area contributed by atoms with Gasteiger partial charge in [0.15, 0.2) is 5.96 Å². The third kappa shape index (κ3) is 5.52. The zero-order valence-electron chi connectivity index (χ0n) is 11.9. The Balaban J connectivity index is 0.00000200. The molecule has 1 atom stereocenters. The van der Waals surface area contributed by atoms with E-state index in [9.17, 15) is 0 Å². The first-order valence-electron chi connectivity index (χ1n) is 6.83. The molecule has 1 aliphatic rings. The maximum atomic E-state index is 6.00. The second-order valence-corrected chi connectivity index (χ2v) is 4.97. The van der Waals surface area contributed by atoms with Gasteiger partial charge < -0.3 is 15.4 Å². The molecule has 2 N–H and O–H groups in total. The van der Waals surface area contributed by atoms with E-state index in [1.165, 1.54) is 12.8 Å². The van der Waals surface area contributed by atoms with Gasteiger partial charge in [0.05, 0.1) is 12.7 Å². The summed E-state index contributed by atoms with van der Waals surface area (Å²) in [5, 5.41) is 0. The molecule has 1 unspecified atom stereocenters. The van der Waals surface area contributed by atoms with Gasteiger partial charge >= 0.3 is 0 Å². The minimum Gasteiger partial charge on any atom is -0.490 e. The number of ether oxygens (including phenoxy) is 1. The molecule has 2 heterocycles. The molecule has 0 radical (unpaired) electrons. The van der Waals surface area contributed by atoms with E-state index in [2.05, 4.69) is 21.8 Å². The van der Waals surface area contributed by atoms with Gasteiger partial charge in [0.1, 0.15) is 12.4 Å². The Hall–Kier alpha value is -1.05. The zero-order chi connectivity index (χ0) is 13.5. The molecule has 0 saturated carbocycles. The second-order valence-electron chi connectivity index (χ2n) is 4.97. The van der Waals surface area contributed by atoms with Crippen molar-refractivity contribution in [3.63, 3.8) is 0 Å². The highest BCUT2D eigenvalue weighted by Crippen LogP contribution is 2.14. The Morgan fingerprint density at radius 3 is 3.15 bits per heavy atom. The molecule has 1 aromatic rings. The summed E-state index contributed by atoms with van der Waals surface area (Å²) in [5.74, 6) is 2.11. The third-order valence-electron chi connectivity index (χ3n) is 3.25. The maximum absolute atomic E-state index is 6.00. The fourth-order valence-corrected chi connectivity index (χ4v) is 2.25. The first kappa shape index (κ1) is 17.0. The van der Waals surface area contributed by atoms with E-state index in [1.54, 1.807) is 12.4 Å². The molecule has 1 aromatic heterocycles. The monoisotopic (exact) mass is 390 g/mol. The van der Waals surface area contributed by atoms with Crippen molar-refractivity contribution in [3.8, 4) is 5.75 Å². The number of nitrogens with two attached hydrogens (primary N) is 1. The van der Waals surface area contributed by atoms with Crippen LogP contribution in [-0.2, 0) is 0 Å². The first-order valence-corrected chi connectivity index (χ1v) is 6.83. The van der Waals surface area contributed by atoms with Crippen molar-refractivity contribution in [2.24, 2.45) is 16.6 Å². The summed E-state index contributed by atoms with van der Waals surface area (Å²) in [4.78, 5) is 10.5. The molecule has 0 aliphatic carbocycles. The molecule has 1 saturated heterocycles. The summed E-state index contributed by atoms with van der Waals surface area (Å²) in [7, 11) is 0. The molecule has 6 heteroatoms. The molecule has 5 nitrogen and oxygen atoms in total. The Morgan fingerprint density at radius 2 is 2.45 bits per heavy atom. The van der Waals surface area contributed by atoms with Crippen LogP contribution >= 0.6 is 24.0 Å². The number of likely N-dealkylation sites (tertiary alicyclic amines) is 1. The SMILES string of the molecule is CC1CCCN(C(N)=NCCOc2cccnc2)C1.I. The number of aliphatic imine (C=N–C) groups is 1. The maximum Gasteiger partial charge on any atom is 0.191 e. The van der Waals surface area contributed by atoms with Gasteiger partial charge in [0, 0.05) is 19.3 Å². The van der Waals surface area contributed by atoms with Gasteiger partial charge in [-0.2, -0.15) is 0 Å². The third-order valence-corrected chi connectivity index (χ3v) is 3.25. The van der Waals surface area contributed by atoms with Crippen molar-refractivity contribution in [1.29, 1.82) is 0 Å². The molecule has 0 amide bonds. The summed E-state index contributed by atoms with van der Waals surface area (Å²) in [6.45, 7) is 5.38. The molecule has 1 fully saturated rings. The molecule has 20 heavy (non-hydrogen) atoms. The number of nitrogens with zero attached hydrogens (tertiary/aromatic N) is 3. The van der Waals surface area contributed by atoms with Crippen LogP contribution in [0.15, 0.2) is 29.5 Å². The largest absolute Gasteiger partial charge is 0.490 e. The standard InChI is InChI=1S/C14H22N4O.HI/c1-12-4-3-8-18(11-12)14(15)17-7-9-19-13-5-2-6-16-10-13;/h2,5-6,10,12H,3-4,7-9,11H2,1H3,(H2,15,17);1H. The number of guanidine groups is 1. The molecule has 2 rings (SSSR count). The van der Waals surface area contributed by atoms with Crippen LogP contribution in [0.4, 0.5) is 0 Å². The van der Waals surface area contributed by atoms with Crippen molar-refractivity contribution >= 4 is 29.9 Å². The van der Waals surface area contributed by atoms with Crippen LogP contribution in [0.2, 0.25) is 0 Å². The molecule has 0 aromatic carbocycles. The molecule has 112 valence electrons. The summed E-state index contributed by atoms with van der Waals surface area (Å²) in [5.41, 5.74) is 6.00. The number of aromatic nitrogens is 1. The van der Waals surface area contributed by atoms with E-state index >= 15 is 0 Å². The van der Waals surface area contributed by atoms with E-state index in [0.717, 1.165) is 18.8 Å². The summed E-state index contributed by atoms with van der Waals surface area (Å²) < 4.78 is 5.52. The van der Waals surface area contributed by atoms with E-state index in [-0.39, 0.29) is 24.0 Å². The Kier molecular flexibility index (Phi) is 7.64. The number of hydrogen-bond acceptors (Lipinski definition) is 3. The number of hydrogen-bond donors (Lipinski definition) is 1. The average Bonchev–Trinajstić information content (AvgIpc) is 2.44. The van der Waals surface area contributed by atoms with E-state index in [1.807, 2.05) is 12.1 Å². The molecular formula is C14H23IN4O. The van der Waals surface area contributed by atoms with Gasteiger partial charge in [0.25, 0.3) is 0 Å². The number of halogens is 1. The van der Waals surface area contributed by atoms with Crippen LogP contribution in [-0.4, -0.2) is 42.1 Å². The lowest BCUT2D eigenvalue weighted by molar-refractivity contribution is 0.269. The van der Waals surface area contributed by atoms with E-state index < -0.39 is 0 Å². The van der Waals surface area contributed by atoms with E-state index in [0.29, 0.717) is 25.0 Å². The van der Waals surface area contributed by atoms with Crippen molar-refractivity contribution in [2.45, 2.75) is 19.8 Å². The smallest absolute Gasteiger partial charge is 0.191 e. The topological polar surface area (TPSA) is 63.7 Å². The van der Waals surface area contributed by atoms with Crippen molar-refractivity contribution in [2.75, 3.05) is 26.2 Å². The predicted octanol–water partition coefficient (Wildman–Crippen LogP) is 2.12. The summed E-state index contributed by atoms with van der Waals surface area (Å²) >= 11 is 0. The number of piperidine rings is 1. The number of rotatable bonds is 4. The molecular weight excluding hydrogens is 367 g/mol. The summed E-state index contributed by atoms with van der Waals surface area (Å²) in [6.07, 6.45) is 5.90. The van der Waals surface area contributed by atoms with Gasteiger partial charge in [-0.15, -0.1) is 24.0 Å². The quantitative estimate of drug-likeness (QED) is 0.370. The minimum atomic E-state index is 0. The van der Waals surface area contributed by atoms with Crippen molar-refractivity contribution < 1.29 is 4.74 Å². The van der Waals surface area contributed by atoms with Gasteiger partial charge in [-0.1, -0.05) is 6.92 Å². The van der Waals surface area contributed by atoms with E-state index in [4.69, 9.17) is 10.5 Å². The van der Waals surface area contributed by atoms with Crippen LogP contribution in [0.25, 0.3) is 0 Å². The van der Waals surface area contributed by atoms with Crippen LogP contribution in [0, 0.1) is 5.92 Å². The normalized spacial score (nSPS) is 19.4. The average molecular weight is 390 g/mol. The zero-order valence-corrected chi connectivity index (χ0v) is 14.2. The lowest BCUT2D eigenvalue weighted by atomic mass is 10.0. The molecule has 0 bridgehead atoms. The second kappa shape index (κ2) is 8.99. The lowest BCUT2D eigenvalue weighted by Gasteiger charge is -2.31. The predicted molar refractivity (Wildman–Crippen MR) is 91.6 cm³/mol. The Morgan fingerprint density at radius 1 is 1.60 bits per heavy atom. The molecule has 0 spiro atoms. The first-order chi connectivity index (χ1) is 9.25. The highest BCUT2D eigenvalue weighted by Gasteiger charge is 2.17. The minimum absolute atomic E-state index is 0. The van der Waals surface area contributed by atoms with Crippen LogP contribution < -0.4 is 10.5 Å². The Labute approximate surface area is 137 Å². The fourth-order valence-electron chi connectivity index (χ4n) is 2.25. The fraction of sp³-hybridized carbons (Fsp3) is 0.571. The van der Waals surface area contributed by atoms with Gasteiger partial charge in [0.2, 0.25) is 0 Å². The van der Waals surface area contributed by atoms with Crippen LogP contribution in [0.5, 0.6) is 5.75 Å². The van der Waals surface area contributed by atoms with Crippen molar-refractivity contribution in [3.05, 3.63) is 24.5 Å². The van der Waals surface area contributed by atoms with Gasteiger partial charge in [-0.05, 0) is 30.9 Å². The highest BCUT2D eigenvalue weighted by atomic mass is 127. The highest BCUT2D eigenvalue weighted by molar-refractivity contribution is 14.0. The van der Waals surface area contributed by atoms with Crippen molar-refractivity contribution in [1.82, 2.24) is 9.88 Å². The summed E-state index contributed by atoms with van der Waals surface area (Å²) in [6, 6.07) is 3.73. The number of pyridine rings is 1. The van der Waals surface area contributed by atoms with Gasteiger partial charge in [-0.3, -0.25) is 4.98 Å². The Bertz CT molecular complexity index is 413. The van der Waals surface area contributed by atoms with Crippen LogP contribution in [0.1, 0.15) is 19.8 Å². The van der Waals surface area contributed by atoms with Gasteiger partial charge in [-0.25, -0.2) is 4.99 Å². The lowest BCUT2D eigenvalue weighted by Crippen LogP contribution is -2.43. The molecule has 1 aliphatic heterocycles. The van der Waals surface area contributed by atoms with Crippen LogP contribution in [0.3, 0.4) is 0 Å².